The number of amidine groups is 1. The molecule has 0 spiro atoms. The molecular weight excluding hydrogens is 358 g/mol. The van der Waals surface area contributed by atoms with Gasteiger partial charge >= 0.3 is 0 Å². The second kappa shape index (κ2) is 7.95. The van der Waals surface area contributed by atoms with Crippen LogP contribution in [0.3, 0.4) is 0 Å². The Hall–Kier alpha value is -1.37. The normalized spacial score (nSPS) is 20.0. The van der Waals surface area contributed by atoms with Crippen molar-refractivity contribution in [2.75, 3.05) is 5.75 Å². The van der Waals surface area contributed by atoms with E-state index in [1.165, 1.54) is 24.2 Å². The zero-order valence-corrected chi connectivity index (χ0v) is 14.8. The summed E-state index contributed by atoms with van der Waals surface area (Å²) in [6.45, 7) is 1.92. The molecule has 1 aliphatic heterocycles. The van der Waals surface area contributed by atoms with Crippen LogP contribution in [0.5, 0.6) is 0 Å². The molecule has 4 nitrogen and oxygen atoms in total. The Balaban J connectivity index is 0.00000132. The Morgan fingerprint density at radius 3 is 2.52 bits per heavy atom. The lowest BCUT2D eigenvalue weighted by atomic mass is 9.87. The summed E-state index contributed by atoms with van der Waals surface area (Å²) in [6, 6.07) is 5.02. The summed E-state index contributed by atoms with van der Waals surface area (Å²) >= 11 is 1.51. The molecule has 124 valence electrons. The number of aromatic nitrogens is 2. The van der Waals surface area contributed by atoms with Crippen LogP contribution in [0, 0.1) is 5.82 Å². The van der Waals surface area contributed by atoms with E-state index in [-0.39, 0.29) is 30.6 Å². The smallest absolute Gasteiger partial charge is 0.154 e. The minimum atomic E-state index is -0.620. The molecule has 2 aromatic rings. The average molecular weight is 375 g/mol. The van der Waals surface area contributed by atoms with Crippen molar-refractivity contribution in [1.29, 1.82) is 0 Å². The van der Waals surface area contributed by atoms with Gasteiger partial charge in [0.2, 0.25) is 0 Å². The highest BCUT2D eigenvalue weighted by atomic mass is 35.5. The number of thioether (sulfide) groups is 1. The average Bonchev–Trinajstić information content (AvgIpc) is 2.48. The van der Waals surface area contributed by atoms with Gasteiger partial charge in [-0.2, -0.15) is 0 Å². The third kappa shape index (κ3) is 4.13. The lowest BCUT2D eigenvalue weighted by Crippen LogP contribution is -2.29. The minimum Gasteiger partial charge on any atom is -0.379 e. The SMILES string of the molecule is CC1(c2cc(-c3cncnc3)ccc2F)CCSC(N)=N1.Cl.Cl. The Bertz CT molecular complexity index is 699. The Morgan fingerprint density at radius 1 is 1.17 bits per heavy atom. The zero-order chi connectivity index (χ0) is 14.9. The Labute approximate surface area is 151 Å². The summed E-state index contributed by atoms with van der Waals surface area (Å²) in [5, 5.41) is 0.511. The lowest BCUT2D eigenvalue weighted by molar-refractivity contribution is 0.450. The summed E-state index contributed by atoms with van der Waals surface area (Å²) in [5.41, 5.74) is 7.49. The molecule has 1 atom stereocenters. The van der Waals surface area contributed by atoms with Crippen molar-refractivity contribution in [3.63, 3.8) is 0 Å². The van der Waals surface area contributed by atoms with Crippen LogP contribution in [0.2, 0.25) is 0 Å². The molecule has 0 amide bonds. The van der Waals surface area contributed by atoms with Gasteiger partial charge in [0.1, 0.15) is 12.1 Å². The van der Waals surface area contributed by atoms with E-state index in [0.29, 0.717) is 10.7 Å². The zero-order valence-electron chi connectivity index (χ0n) is 12.4. The number of rotatable bonds is 2. The van der Waals surface area contributed by atoms with Gasteiger partial charge in [0.15, 0.2) is 5.17 Å². The van der Waals surface area contributed by atoms with E-state index in [4.69, 9.17) is 5.73 Å². The fourth-order valence-corrected chi connectivity index (χ4v) is 3.42. The van der Waals surface area contributed by atoms with Crippen LogP contribution in [0.15, 0.2) is 41.9 Å². The summed E-state index contributed by atoms with van der Waals surface area (Å²) in [6.07, 6.45) is 5.64. The van der Waals surface area contributed by atoms with Gasteiger partial charge in [-0.05, 0) is 31.0 Å². The van der Waals surface area contributed by atoms with Crippen molar-refractivity contribution in [1.82, 2.24) is 9.97 Å². The molecule has 1 unspecified atom stereocenters. The molecule has 1 aromatic heterocycles. The van der Waals surface area contributed by atoms with E-state index in [1.807, 2.05) is 13.0 Å². The van der Waals surface area contributed by atoms with Crippen LogP contribution in [0.4, 0.5) is 4.39 Å². The number of benzene rings is 1. The Kier molecular flexibility index (Phi) is 6.80. The summed E-state index contributed by atoms with van der Waals surface area (Å²) < 4.78 is 14.3. The van der Waals surface area contributed by atoms with E-state index in [1.54, 1.807) is 18.5 Å². The number of hydrogen-bond acceptors (Lipinski definition) is 5. The van der Waals surface area contributed by atoms with Gasteiger partial charge in [-0.1, -0.05) is 17.8 Å². The first-order valence-corrected chi connectivity index (χ1v) is 7.61. The lowest BCUT2D eigenvalue weighted by Gasteiger charge is -2.30. The van der Waals surface area contributed by atoms with Crippen LogP contribution in [0.25, 0.3) is 11.1 Å². The standard InChI is InChI=1S/C15H15FN4S.2ClH/c1-15(4-5-21-14(17)20-15)12-6-10(2-3-13(12)16)11-7-18-9-19-8-11;;/h2-3,6-9H,4-5H2,1H3,(H2,17,20);2*1H. The molecule has 2 heterocycles. The highest BCUT2D eigenvalue weighted by Gasteiger charge is 2.32. The second-order valence-corrected chi connectivity index (χ2v) is 6.26. The fraction of sp³-hybridized carbons (Fsp3) is 0.267. The highest BCUT2D eigenvalue weighted by molar-refractivity contribution is 8.13. The number of halogens is 3. The third-order valence-corrected chi connectivity index (χ3v) is 4.43. The van der Waals surface area contributed by atoms with E-state index >= 15 is 0 Å². The first-order chi connectivity index (χ1) is 10.1. The fourth-order valence-electron chi connectivity index (χ4n) is 2.45. The maximum Gasteiger partial charge on any atom is 0.154 e. The van der Waals surface area contributed by atoms with Crippen LogP contribution in [-0.2, 0) is 5.54 Å². The second-order valence-electron chi connectivity index (χ2n) is 5.14. The van der Waals surface area contributed by atoms with Gasteiger partial charge in [-0.15, -0.1) is 24.8 Å². The van der Waals surface area contributed by atoms with Crippen molar-refractivity contribution in [3.8, 4) is 11.1 Å². The quantitative estimate of drug-likeness (QED) is 0.868. The highest BCUT2D eigenvalue weighted by Crippen LogP contribution is 2.37. The molecule has 8 heteroatoms. The minimum absolute atomic E-state index is 0. The summed E-state index contributed by atoms with van der Waals surface area (Å²) in [5.74, 6) is 0.575. The maximum absolute atomic E-state index is 14.3. The molecule has 0 saturated heterocycles. The molecular formula is C15H17Cl2FN4S. The van der Waals surface area contributed by atoms with E-state index < -0.39 is 5.54 Å². The number of nitrogens with two attached hydrogens (primary N) is 1. The first kappa shape index (κ1) is 19.7. The van der Waals surface area contributed by atoms with Crippen LogP contribution < -0.4 is 5.73 Å². The Morgan fingerprint density at radius 2 is 1.87 bits per heavy atom. The predicted octanol–water partition coefficient (Wildman–Crippen LogP) is 3.79. The molecule has 0 radical (unpaired) electrons. The van der Waals surface area contributed by atoms with Gasteiger partial charge < -0.3 is 5.73 Å². The van der Waals surface area contributed by atoms with Crippen molar-refractivity contribution >= 4 is 41.7 Å². The molecule has 0 aliphatic carbocycles. The molecule has 0 saturated carbocycles. The third-order valence-electron chi connectivity index (χ3n) is 3.64. The molecule has 1 aromatic carbocycles. The molecule has 1 aliphatic rings. The van der Waals surface area contributed by atoms with Crippen molar-refractivity contribution < 1.29 is 4.39 Å². The molecule has 0 fully saturated rings. The molecule has 0 bridgehead atoms. The molecule has 23 heavy (non-hydrogen) atoms. The van der Waals surface area contributed by atoms with E-state index in [0.717, 1.165) is 23.3 Å². The van der Waals surface area contributed by atoms with Crippen LogP contribution in [-0.4, -0.2) is 20.9 Å². The van der Waals surface area contributed by atoms with Gasteiger partial charge in [-0.25, -0.2) is 14.4 Å². The van der Waals surface area contributed by atoms with Gasteiger partial charge in [0, 0.05) is 29.3 Å². The van der Waals surface area contributed by atoms with Crippen molar-refractivity contribution in [3.05, 3.63) is 48.3 Å². The van der Waals surface area contributed by atoms with E-state index in [9.17, 15) is 4.39 Å². The van der Waals surface area contributed by atoms with Gasteiger partial charge in [0.25, 0.3) is 0 Å². The van der Waals surface area contributed by atoms with Crippen molar-refractivity contribution in [2.24, 2.45) is 10.7 Å². The first-order valence-electron chi connectivity index (χ1n) is 6.62. The van der Waals surface area contributed by atoms with E-state index in [2.05, 4.69) is 15.0 Å². The number of hydrogen-bond donors (Lipinski definition) is 1. The van der Waals surface area contributed by atoms with Gasteiger partial charge in [0.05, 0.1) is 5.54 Å². The molecule has 3 rings (SSSR count). The summed E-state index contributed by atoms with van der Waals surface area (Å²) in [7, 11) is 0. The largest absolute Gasteiger partial charge is 0.379 e. The maximum atomic E-state index is 14.3. The molecule has 2 N–H and O–H groups in total. The number of nitrogens with zero attached hydrogens (tertiary/aromatic N) is 3. The van der Waals surface area contributed by atoms with Gasteiger partial charge in [-0.3, -0.25) is 4.99 Å². The van der Waals surface area contributed by atoms with Crippen LogP contribution in [0.1, 0.15) is 18.9 Å². The van der Waals surface area contributed by atoms with Crippen LogP contribution >= 0.6 is 36.6 Å². The topological polar surface area (TPSA) is 64.2 Å². The summed E-state index contributed by atoms with van der Waals surface area (Å²) in [4.78, 5) is 12.5. The predicted molar refractivity (Wildman–Crippen MR) is 98.0 cm³/mol. The number of aliphatic imine (C=N–C) groups is 1. The monoisotopic (exact) mass is 374 g/mol. The van der Waals surface area contributed by atoms with Crippen molar-refractivity contribution in [2.45, 2.75) is 18.9 Å².